The van der Waals surface area contributed by atoms with E-state index in [0.29, 0.717) is 13.0 Å². The fourth-order valence-electron chi connectivity index (χ4n) is 2.99. The van der Waals surface area contributed by atoms with Crippen LogP contribution in [0.1, 0.15) is 19.3 Å². The predicted octanol–water partition coefficient (Wildman–Crippen LogP) is 1.43. The molecule has 2 fully saturated rings. The average molecular weight is 327 g/mol. The number of hydrogen-bond donors (Lipinski definition) is 3. The number of hydrazine groups is 1. The lowest BCUT2D eigenvalue weighted by atomic mass is 10.1. The molecular formula is C15H20ClFN4O. The Balaban J connectivity index is 1.51. The molecule has 5 nitrogen and oxygen atoms in total. The Labute approximate surface area is 134 Å². The van der Waals surface area contributed by atoms with Gasteiger partial charge in [-0.05, 0) is 31.0 Å². The van der Waals surface area contributed by atoms with Crippen molar-refractivity contribution in [3.05, 3.63) is 29.0 Å². The van der Waals surface area contributed by atoms with Crippen molar-refractivity contribution in [2.24, 2.45) is 0 Å². The van der Waals surface area contributed by atoms with E-state index in [0.717, 1.165) is 31.6 Å². The molecule has 2 aliphatic heterocycles. The van der Waals surface area contributed by atoms with Gasteiger partial charge >= 0.3 is 0 Å². The van der Waals surface area contributed by atoms with E-state index >= 15 is 0 Å². The molecule has 2 unspecified atom stereocenters. The maximum absolute atomic E-state index is 13.5. The Morgan fingerprint density at radius 2 is 2.32 bits per heavy atom. The summed E-state index contributed by atoms with van der Waals surface area (Å²) in [5, 5.41) is 3.19. The van der Waals surface area contributed by atoms with Crippen LogP contribution < -0.4 is 21.1 Å². The van der Waals surface area contributed by atoms with Crippen LogP contribution in [0.15, 0.2) is 18.2 Å². The minimum absolute atomic E-state index is 0.0651. The Bertz CT molecular complexity index is 550. The van der Waals surface area contributed by atoms with Crippen LogP contribution in [0.2, 0.25) is 5.02 Å². The van der Waals surface area contributed by atoms with Crippen LogP contribution in [0.3, 0.4) is 0 Å². The van der Waals surface area contributed by atoms with E-state index in [1.165, 1.54) is 6.07 Å². The second-order valence-corrected chi connectivity index (χ2v) is 6.27. The number of nitrogens with one attached hydrogen (secondary N) is 3. The van der Waals surface area contributed by atoms with E-state index in [4.69, 9.17) is 11.6 Å². The summed E-state index contributed by atoms with van der Waals surface area (Å²) >= 11 is 5.70. The number of hydrogen-bond acceptors (Lipinski definition) is 4. The van der Waals surface area contributed by atoms with Crippen molar-refractivity contribution in [1.82, 2.24) is 16.2 Å². The Hall–Kier alpha value is -1.37. The van der Waals surface area contributed by atoms with E-state index in [1.807, 2.05) is 6.07 Å². The standard InChI is InChI=1S/C15H20ClFN4O/c16-13-2-1-12(8-14(13)17)21-6-4-11(9-21)19-15(22)7-10-3-5-18-20-10/h1-2,8,10-11,18,20H,3-7,9H2,(H,19,22). The number of anilines is 1. The predicted molar refractivity (Wildman–Crippen MR) is 84.3 cm³/mol. The monoisotopic (exact) mass is 326 g/mol. The molecule has 3 rings (SSSR count). The molecule has 2 atom stereocenters. The molecule has 0 saturated carbocycles. The van der Waals surface area contributed by atoms with Crippen molar-refractivity contribution < 1.29 is 9.18 Å². The van der Waals surface area contributed by atoms with Crippen LogP contribution in [0.5, 0.6) is 0 Å². The summed E-state index contributed by atoms with van der Waals surface area (Å²) in [4.78, 5) is 14.1. The molecule has 1 amide bonds. The maximum atomic E-state index is 13.5. The van der Waals surface area contributed by atoms with Crippen LogP contribution in [0.25, 0.3) is 0 Å². The van der Waals surface area contributed by atoms with Gasteiger partial charge in [0.15, 0.2) is 0 Å². The van der Waals surface area contributed by atoms with Gasteiger partial charge < -0.3 is 10.2 Å². The molecule has 1 aromatic rings. The minimum Gasteiger partial charge on any atom is -0.369 e. The van der Waals surface area contributed by atoms with Gasteiger partial charge in [-0.15, -0.1) is 0 Å². The molecule has 7 heteroatoms. The summed E-state index contributed by atoms with van der Waals surface area (Å²) < 4.78 is 13.5. The molecule has 22 heavy (non-hydrogen) atoms. The number of nitrogens with zero attached hydrogens (tertiary/aromatic N) is 1. The molecule has 2 heterocycles. The molecule has 120 valence electrons. The second-order valence-electron chi connectivity index (χ2n) is 5.86. The van der Waals surface area contributed by atoms with Crippen molar-refractivity contribution in [3.63, 3.8) is 0 Å². The third-order valence-corrected chi connectivity index (χ3v) is 4.48. The zero-order valence-corrected chi connectivity index (χ0v) is 13.0. The molecule has 0 aromatic heterocycles. The van der Waals surface area contributed by atoms with Gasteiger partial charge in [-0.2, -0.15) is 0 Å². The quantitative estimate of drug-likeness (QED) is 0.783. The fourth-order valence-corrected chi connectivity index (χ4v) is 3.11. The molecule has 2 aliphatic rings. The van der Waals surface area contributed by atoms with Gasteiger partial charge in [-0.25, -0.2) is 4.39 Å². The molecule has 0 aliphatic carbocycles. The van der Waals surface area contributed by atoms with Gasteiger partial charge in [0.25, 0.3) is 0 Å². The lowest BCUT2D eigenvalue weighted by molar-refractivity contribution is -0.122. The topological polar surface area (TPSA) is 56.4 Å². The van der Waals surface area contributed by atoms with Crippen molar-refractivity contribution in [2.75, 3.05) is 24.5 Å². The fraction of sp³-hybridized carbons (Fsp3) is 0.533. The normalized spacial score (nSPS) is 24.7. The average Bonchev–Trinajstić information content (AvgIpc) is 3.13. The first-order valence-corrected chi connectivity index (χ1v) is 7.97. The summed E-state index contributed by atoms with van der Waals surface area (Å²) in [7, 11) is 0. The molecule has 3 N–H and O–H groups in total. The largest absolute Gasteiger partial charge is 0.369 e. The van der Waals surface area contributed by atoms with Gasteiger partial charge in [0.1, 0.15) is 5.82 Å². The van der Waals surface area contributed by atoms with Crippen molar-refractivity contribution in [1.29, 1.82) is 0 Å². The highest BCUT2D eigenvalue weighted by molar-refractivity contribution is 6.30. The van der Waals surface area contributed by atoms with Crippen LogP contribution >= 0.6 is 11.6 Å². The highest BCUT2D eigenvalue weighted by atomic mass is 35.5. The van der Waals surface area contributed by atoms with Crippen molar-refractivity contribution in [2.45, 2.75) is 31.3 Å². The third-order valence-electron chi connectivity index (χ3n) is 4.18. The maximum Gasteiger partial charge on any atom is 0.221 e. The summed E-state index contributed by atoms with van der Waals surface area (Å²) in [6, 6.07) is 5.14. The number of carbonyl (C=O) groups is 1. The minimum atomic E-state index is -0.411. The van der Waals surface area contributed by atoms with E-state index in [9.17, 15) is 9.18 Å². The Morgan fingerprint density at radius 1 is 1.45 bits per heavy atom. The van der Waals surface area contributed by atoms with Gasteiger partial charge in [0.2, 0.25) is 5.91 Å². The number of carbonyl (C=O) groups excluding carboxylic acids is 1. The summed E-state index contributed by atoms with van der Waals surface area (Å²) in [5.41, 5.74) is 6.91. The van der Waals surface area contributed by atoms with Crippen LogP contribution in [-0.4, -0.2) is 37.6 Å². The van der Waals surface area contributed by atoms with Crippen LogP contribution in [0.4, 0.5) is 10.1 Å². The van der Waals surface area contributed by atoms with E-state index < -0.39 is 5.82 Å². The highest BCUT2D eigenvalue weighted by Gasteiger charge is 2.26. The summed E-state index contributed by atoms with van der Waals surface area (Å²) in [6.45, 7) is 2.40. The first-order chi connectivity index (χ1) is 10.6. The first kappa shape index (κ1) is 15.5. The SMILES string of the molecule is O=C(CC1CCNN1)NC1CCN(c2ccc(Cl)c(F)c2)C1. The lowest BCUT2D eigenvalue weighted by Gasteiger charge is -2.19. The molecular weight excluding hydrogens is 307 g/mol. The Morgan fingerprint density at radius 3 is 3.05 bits per heavy atom. The van der Waals surface area contributed by atoms with E-state index in [1.54, 1.807) is 6.07 Å². The van der Waals surface area contributed by atoms with Gasteiger partial charge in [0, 0.05) is 43.8 Å². The number of benzene rings is 1. The molecule has 2 saturated heterocycles. The number of rotatable bonds is 4. The summed E-state index contributed by atoms with van der Waals surface area (Å²) in [6.07, 6.45) is 2.32. The zero-order valence-electron chi connectivity index (χ0n) is 12.2. The van der Waals surface area contributed by atoms with Gasteiger partial charge in [-0.3, -0.25) is 15.6 Å². The van der Waals surface area contributed by atoms with Crippen LogP contribution in [-0.2, 0) is 4.79 Å². The van der Waals surface area contributed by atoms with Crippen molar-refractivity contribution in [3.8, 4) is 0 Å². The number of amides is 1. The van der Waals surface area contributed by atoms with E-state index in [2.05, 4.69) is 21.1 Å². The van der Waals surface area contributed by atoms with Crippen LogP contribution in [0, 0.1) is 5.82 Å². The van der Waals surface area contributed by atoms with E-state index in [-0.39, 0.29) is 23.0 Å². The molecule has 0 spiro atoms. The molecule has 1 aromatic carbocycles. The highest BCUT2D eigenvalue weighted by Crippen LogP contribution is 2.25. The molecule has 0 radical (unpaired) electrons. The zero-order chi connectivity index (χ0) is 15.5. The third kappa shape index (κ3) is 3.69. The summed E-state index contributed by atoms with van der Waals surface area (Å²) in [5.74, 6) is -0.346. The second kappa shape index (κ2) is 6.81. The lowest BCUT2D eigenvalue weighted by Crippen LogP contribution is -2.40. The van der Waals surface area contributed by atoms with Gasteiger partial charge in [0.05, 0.1) is 5.02 Å². The van der Waals surface area contributed by atoms with Gasteiger partial charge in [-0.1, -0.05) is 11.6 Å². The van der Waals surface area contributed by atoms with Crippen molar-refractivity contribution >= 4 is 23.2 Å². The Kier molecular flexibility index (Phi) is 4.81. The molecule has 0 bridgehead atoms. The first-order valence-electron chi connectivity index (χ1n) is 7.59. The number of halogens is 2. The smallest absolute Gasteiger partial charge is 0.221 e.